The van der Waals surface area contributed by atoms with Gasteiger partial charge in [0.1, 0.15) is 17.0 Å². The van der Waals surface area contributed by atoms with Crippen molar-refractivity contribution >= 4 is 28.6 Å². The highest BCUT2D eigenvalue weighted by Gasteiger charge is 2.31. The third kappa shape index (κ3) is 2.90. The van der Waals surface area contributed by atoms with Gasteiger partial charge in [0.05, 0.1) is 12.0 Å². The first kappa shape index (κ1) is 18.7. The van der Waals surface area contributed by atoms with Gasteiger partial charge in [-0.1, -0.05) is 0 Å². The summed E-state index contributed by atoms with van der Waals surface area (Å²) in [4.78, 5) is 36.0. The summed E-state index contributed by atoms with van der Waals surface area (Å²) in [7, 11) is 3.85. The number of piperazine rings is 1. The Labute approximate surface area is 162 Å². The number of aromatic nitrogens is 2. The van der Waals surface area contributed by atoms with Crippen LogP contribution in [0.25, 0.3) is 11.0 Å². The Kier molecular flexibility index (Phi) is 4.70. The number of nitrogens with zero attached hydrogens (tertiary/aromatic N) is 5. The zero-order valence-electron chi connectivity index (χ0n) is 16.4. The number of hydrogen-bond acceptors (Lipinski definition) is 7. The van der Waals surface area contributed by atoms with E-state index in [0.29, 0.717) is 37.6 Å². The zero-order valence-corrected chi connectivity index (χ0v) is 16.4. The quantitative estimate of drug-likeness (QED) is 0.723. The molecule has 2 aliphatic rings. The van der Waals surface area contributed by atoms with Crippen molar-refractivity contribution in [1.29, 1.82) is 0 Å². The van der Waals surface area contributed by atoms with Crippen molar-refractivity contribution in [3.8, 4) is 0 Å². The van der Waals surface area contributed by atoms with Gasteiger partial charge in [-0.25, -0.2) is 14.2 Å². The monoisotopic (exact) mass is 389 g/mol. The van der Waals surface area contributed by atoms with Crippen molar-refractivity contribution in [3.63, 3.8) is 0 Å². The summed E-state index contributed by atoms with van der Waals surface area (Å²) < 4.78 is 21.8. The first-order valence-corrected chi connectivity index (χ1v) is 9.51. The molecule has 4 heterocycles. The Morgan fingerprint density at radius 3 is 2.57 bits per heavy atom. The van der Waals surface area contributed by atoms with E-state index in [1.54, 1.807) is 6.92 Å². The van der Waals surface area contributed by atoms with Crippen LogP contribution in [0.2, 0.25) is 0 Å². The van der Waals surface area contributed by atoms with Crippen LogP contribution in [0.5, 0.6) is 0 Å². The lowest BCUT2D eigenvalue weighted by Gasteiger charge is -2.33. The number of anilines is 2. The first-order valence-electron chi connectivity index (χ1n) is 9.51. The summed E-state index contributed by atoms with van der Waals surface area (Å²) in [6, 6.07) is 1.21. The second kappa shape index (κ2) is 7.05. The molecule has 0 aliphatic carbocycles. The van der Waals surface area contributed by atoms with Gasteiger partial charge in [0.15, 0.2) is 11.6 Å². The fourth-order valence-electron chi connectivity index (χ4n) is 3.91. The predicted octanol–water partition coefficient (Wildman–Crippen LogP) is 0.914. The fourth-order valence-corrected chi connectivity index (χ4v) is 3.91. The Morgan fingerprint density at radius 1 is 1.18 bits per heavy atom. The molecule has 0 N–H and O–H groups in total. The summed E-state index contributed by atoms with van der Waals surface area (Å²) in [5.74, 6) is -0.487. The molecule has 2 aliphatic heterocycles. The molecule has 0 atom stereocenters. The van der Waals surface area contributed by atoms with Gasteiger partial charge in [-0.2, -0.15) is 0 Å². The molecule has 2 aromatic heterocycles. The van der Waals surface area contributed by atoms with Crippen LogP contribution in [0.1, 0.15) is 17.3 Å². The molecule has 8 nitrogen and oxygen atoms in total. The molecule has 1 fully saturated rings. The minimum Gasteiger partial charge on any atom is -0.462 e. The molecule has 0 bridgehead atoms. The molecule has 150 valence electrons. The lowest BCUT2D eigenvalue weighted by Crippen LogP contribution is -2.45. The topological polar surface area (TPSA) is 70.9 Å². The minimum absolute atomic E-state index is 0.0529. The average molecular weight is 389 g/mol. The molecule has 0 unspecified atom stereocenters. The number of rotatable bonds is 3. The van der Waals surface area contributed by atoms with E-state index >= 15 is 0 Å². The van der Waals surface area contributed by atoms with Crippen molar-refractivity contribution in [1.82, 2.24) is 14.5 Å². The number of pyridine rings is 2. The van der Waals surface area contributed by atoms with E-state index < -0.39 is 17.2 Å². The van der Waals surface area contributed by atoms with Gasteiger partial charge in [0.25, 0.3) is 0 Å². The molecule has 1 saturated heterocycles. The van der Waals surface area contributed by atoms with E-state index in [2.05, 4.69) is 9.88 Å². The summed E-state index contributed by atoms with van der Waals surface area (Å²) in [6.45, 7) is 6.03. The number of hydrogen-bond donors (Lipinski definition) is 0. The van der Waals surface area contributed by atoms with E-state index in [4.69, 9.17) is 4.74 Å². The van der Waals surface area contributed by atoms with Gasteiger partial charge >= 0.3 is 5.97 Å². The molecular formula is C19H24FN5O3. The van der Waals surface area contributed by atoms with Gasteiger partial charge in [-0.05, 0) is 20.0 Å². The van der Waals surface area contributed by atoms with Gasteiger partial charge in [0, 0.05) is 46.3 Å². The second-order valence-electron chi connectivity index (χ2n) is 7.28. The highest BCUT2D eigenvalue weighted by Crippen LogP contribution is 2.30. The van der Waals surface area contributed by atoms with Crippen molar-refractivity contribution < 1.29 is 13.9 Å². The number of carbonyl (C=O) groups excluding carboxylic acids is 1. The number of ether oxygens (including phenoxy) is 1. The predicted molar refractivity (Wildman–Crippen MR) is 105 cm³/mol. The molecule has 9 heteroatoms. The Hall–Kier alpha value is -2.68. The third-order valence-corrected chi connectivity index (χ3v) is 5.45. The number of esters is 1. The number of fused-ring (bicyclic) bond motifs is 3. The van der Waals surface area contributed by atoms with Crippen LogP contribution in [-0.4, -0.2) is 73.8 Å². The summed E-state index contributed by atoms with van der Waals surface area (Å²) in [5.41, 5.74) is -0.180. The fraction of sp³-hybridized carbons (Fsp3) is 0.526. The Morgan fingerprint density at radius 2 is 1.89 bits per heavy atom. The van der Waals surface area contributed by atoms with Crippen molar-refractivity contribution in [2.75, 3.05) is 63.2 Å². The molecule has 0 saturated carbocycles. The van der Waals surface area contributed by atoms with Crippen LogP contribution >= 0.6 is 0 Å². The standard InChI is InChI=1S/C19H24FN5O3/c1-4-28-19(27)14-15(26)12-11-13(20)17(24-8-5-22(2)6-9-24)21-16(12)25-10-7-23(3)18(14)25/h11H,4-10H2,1-3H3. The largest absolute Gasteiger partial charge is 0.462 e. The number of halogens is 1. The van der Waals surface area contributed by atoms with E-state index in [0.717, 1.165) is 13.1 Å². The Bertz CT molecular complexity index is 997. The first-order chi connectivity index (χ1) is 13.4. The van der Waals surface area contributed by atoms with Crippen molar-refractivity contribution in [3.05, 3.63) is 27.7 Å². The van der Waals surface area contributed by atoms with Crippen molar-refractivity contribution in [2.24, 2.45) is 0 Å². The highest BCUT2D eigenvalue weighted by molar-refractivity contribution is 5.99. The smallest absolute Gasteiger partial charge is 0.345 e. The number of carbonyl (C=O) groups is 1. The van der Waals surface area contributed by atoms with E-state index in [1.807, 2.05) is 28.5 Å². The maximum Gasteiger partial charge on any atom is 0.345 e. The van der Waals surface area contributed by atoms with E-state index in [-0.39, 0.29) is 23.4 Å². The molecule has 0 amide bonds. The molecule has 0 aromatic carbocycles. The molecule has 0 spiro atoms. The van der Waals surface area contributed by atoms with Crippen LogP contribution in [0.3, 0.4) is 0 Å². The van der Waals surface area contributed by atoms with Crippen LogP contribution in [0.4, 0.5) is 16.0 Å². The summed E-state index contributed by atoms with van der Waals surface area (Å²) >= 11 is 0. The third-order valence-electron chi connectivity index (χ3n) is 5.45. The average Bonchev–Trinajstić information content (AvgIpc) is 3.04. The van der Waals surface area contributed by atoms with Gasteiger partial charge < -0.3 is 24.0 Å². The maximum absolute atomic E-state index is 14.9. The lowest BCUT2D eigenvalue weighted by atomic mass is 10.1. The lowest BCUT2D eigenvalue weighted by molar-refractivity contribution is 0.0525. The normalized spacial score (nSPS) is 17.3. The van der Waals surface area contributed by atoms with Gasteiger partial charge in [0.2, 0.25) is 5.43 Å². The van der Waals surface area contributed by atoms with Gasteiger partial charge in [-0.3, -0.25) is 4.79 Å². The zero-order chi connectivity index (χ0) is 20.0. The Balaban J connectivity index is 1.92. The number of likely N-dealkylation sites (N-methyl/N-ethyl adjacent to an activating group) is 2. The molecular weight excluding hydrogens is 365 g/mol. The summed E-state index contributed by atoms with van der Waals surface area (Å²) in [5, 5.41) is 0.109. The van der Waals surface area contributed by atoms with Crippen LogP contribution in [0, 0.1) is 5.82 Å². The molecule has 0 radical (unpaired) electrons. The van der Waals surface area contributed by atoms with Gasteiger partial charge in [-0.15, -0.1) is 0 Å². The minimum atomic E-state index is -0.685. The van der Waals surface area contributed by atoms with Crippen molar-refractivity contribution in [2.45, 2.75) is 13.5 Å². The summed E-state index contributed by atoms with van der Waals surface area (Å²) in [6.07, 6.45) is 0. The van der Waals surface area contributed by atoms with E-state index in [9.17, 15) is 14.0 Å². The molecule has 2 aromatic rings. The maximum atomic E-state index is 14.9. The van der Waals surface area contributed by atoms with E-state index in [1.165, 1.54) is 6.07 Å². The molecule has 4 rings (SSSR count). The second-order valence-corrected chi connectivity index (χ2v) is 7.28. The SMILES string of the molecule is CCOC(=O)c1c2n(c3nc(N4CCN(C)CC4)c(F)cc3c1=O)CCN2C. The highest BCUT2D eigenvalue weighted by atomic mass is 19.1. The molecule has 28 heavy (non-hydrogen) atoms. The van der Waals surface area contributed by atoms with Crippen LogP contribution in [0.15, 0.2) is 10.9 Å². The van der Waals surface area contributed by atoms with Crippen LogP contribution in [-0.2, 0) is 11.3 Å². The van der Waals surface area contributed by atoms with Crippen LogP contribution < -0.4 is 15.2 Å².